The molecular formula is C20H24N2O2. The predicted octanol–water partition coefficient (Wildman–Crippen LogP) is 2.98. The van der Waals surface area contributed by atoms with Gasteiger partial charge in [0.2, 0.25) is 5.91 Å². The van der Waals surface area contributed by atoms with Crippen LogP contribution < -0.4 is 10.1 Å². The van der Waals surface area contributed by atoms with Crippen LogP contribution >= 0.6 is 0 Å². The first-order chi connectivity index (χ1) is 11.8. The molecule has 1 amide bonds. The second-order valence-electron chi connectivity index (χ2n) is 6.21. The number of nitrogens with zero attached hydrogens (tertiary/aromatic N) is 1. The van der Waals surface area contributed by atoms with Gasteiger partial charge in [-0.15, -0.1) is 0 Å². The van der Waals surface area contributed by atoms with Gasteiger partial charge in [0.25, 0.3) is 0 Å². The summed E-state index contributed by atoms with van der Waals surface area (Å²) in [5.74, 6) is 0.866. The Bertz CT molecular complexity index is 668. The summed E-state index contributed by atoms with van der Waals surface area (Å²) in [5.41, 5.74) is 2.25. The lowest BCUT2D eigenvalue weighted by Crippen LogP contribution is -2.37. The standard InChI is InChI=1S/C20H24N2O2/c1-24-19-10-6-5-9-17(19)13-21-20(23)15-22(18-11-12-18)14-16-7-3-2-4-8-16/h2-10,18H,11-15H2,1H3,(H,21,23). The smallest absolute Gasteiger partial charge is 0.234 e. The summed E-state index contributed by atoms with van der Waals surface area (Å²) < 4.78 is 5.32. The quantitative estimate of drug-likeness (QED) is 0.812. The van der Waals surface area contributed by atoms with Crippen molar-refractivity contribution in [2.45, 2.75) is 32.0 Å². The molecule has 2 aromatic rings. The van der Waals surface area contributed by atoms with Crippen LogP contribution in [0.5, 0.6) is 5.75 Å². The van der Waals surface area contributed by atoms with Crippen LogP contribution in [0, 0.1) is 0 Å². The molecule has 1 saturated carbocycles. The Morgan fingerprint density at radius 3 is 2.54 bits per heavy atom. The molecule has 0 radical (unpaired) electrons. The number of benzene rings is 2. The van der Waals surface area contributed by atoms with Gasteiger partial charge >= 0.3 is 0 Å². The van der Waals surface area contributed by atoms with Gasteiger partial charge in [-0.05, 0) is 24.5 Å². The average molecular weight is 324 g/mol. The van der Waals surface area contributed by atoms with E-state index in [4.69, 9.17) is 4.74 Å². The third-order valence-electron chi connectivity index (χ3n) is 4.31. The molecule has 0 aromatic heterocycles. The van der Waals surface area contributed by atoms with E-state index in [1.807, 2.05) is 42.5 Å². The number of amides is 1. The third-order valence-corrected chi connectivity index (χ3v) is 4.31. The van der Waals surface area contributed by atoms with Crippen LogP contribution in [0.25, 0.3) is 0 Å². The molecule has 0 heterocycles. The van der Waals surface area contributed by atoms with Crippen molar-refractivity contribution in [2.24, 2.45) is 0 Å². The first kappa shape index (κ1) is 16.5. The number of carbonyl (C=O) groups excluding carboxylic acids is 1. The topological polar surface area (TPSA) is 41.6 Å². The maximum Gasteiger partial charge on any atom is 0.234 e. The van der Waals surface area contributed by atoms with Crippen molar-refractivity contribution in [3.05, 3.63) is 65.7 Å². The highest BCUT2D eigenvalue weighted by Crippen LogP contribution is 2.28. The lowest BCUT2D eigenvalue weighted by Gasteiger charge is -2.21. The molecular weight excluding hydrogens is 300 g/mol. The van der Waals surface area contributed by atoms with Gasteiger partial charge < -0.3 is 10.1 Å². The Hall–Kier alpha value is -2.33. The van der Waals surface area contributed by atoms with E-state index in [0.717, 1.165) is 17.9 Å². The highest BCUT2D eigenvalue weighted by molar-refractivity contribution is 5.78. The van der Waals surface area contributed by atoms with Crippen molar-refractivity contribution in [3.8, 4) is 5.75 Å². The number of rotatable bonds is 8. The van der Waals surface area contributed by atoms with Crippen molar-refractivity contribution in [3.63, 3.8) is 0 Å². The minimum atomic E-state index is 0.0590. The van der Waals surface area contributed by atoms with Crippen molar-refractivity contribution < 1.29 is 9.53 Å². The van der Waals surface area contributed by atoms with Crippen LogP contribution in [0.4, 0.5) is 0 Å². The summed E-state index contributed by atoms with van der Waals surface area (Å²) in [6.07, 6.45) is 2.37. The van der Waals surface area contributed by atoms with Crippen LogP contribution in [0.3, 0.4) is 0 Å². The average Bonchev–Trinajstić information content (AvgIpc) is 3.45. The van der Waals surface area contributed by atoms with Gasteiger partial charge in [0.1, 0.15) is 5.75 Å². The van der Waals surface area contributed by atoms with E-state index in [9.17, 15) is 4.79 Å². The summed E-state index contributed by atoms with van der Waals surface area (Å²) in [4.78, 5) is 14.6. The molecule has 3 rings (SSSR count). The normalized spacial score (nSPS) is 13.8. The van der Waals surface area contributed by atoms with Crippen LogP contribution in [0.2, 0.25) is 0 Å². The highest BCUT2D eigenvalue weighted by atomic mass is 16.5. The minimum Gasteiger partial charge on any atom is -0.496 e. The Kier molecular flexibility index (Phi) is 5.49. The fraction of sp³-hybridized carbons (Fsp3) is 0.350. The van der Waals surface area contributed by atoms with Gasteiger partial charge in [0, 0.05) is 24.7 Å². The van der Waals surface area contributed by atoms with Gasteiger partial charge in [0.15, 0.2) is 0 Å². The Balaban J connectivity index is 1.54. The molecule has 0 spiro atoms. The molecule has 0 atom stereocenters. The fourth-order valence-corrected chi connectivity index (χ4v) is 2.85. The number of para-hydroxylation sites is 1. The van der Waals surface area contributed by atoms with E-state index < -0.39 is 0 Å². The predicted molar refractivity (Wildman–Crippen MR) is 94.7 cm³/mol. The van der Waals surface area contributed by atoms with Crippen molar-refractivity contribution in [2.75, 3.05) is 13.7 Å². The van der Waals surface area contributed by atoms with Gasteiger partial charge in [-0.1, -0.05) is 48.5 Å². The third kappa shape index (κ3) is 4.59. The SMILES string of the molecule is COc1ccccc1CNC(=O)CN(Cc1ccccc1)C1CC1. The zero-order chi connectivity index (χ0) is 16.8. The summed E-state index contributed by atoms with van der Waals surface area (Å²) in [5, 5.41) is 3.01. The van der Waals surface area contributed by atoms with Gasteiger partial charge in [-0.25, -0.2) is 0 Å². The Morgan fingerprint density at radius 2 is 1.83 bits per heavy atom. The fourth-order valence-electron chi connectivity index (χ4n) is 2.85. The number of ether oxygens (including phenoxy) is 1. The number of carbonyl (C=O) groups is 1. The molecule has 1 aliphatic carbocycles. The van der Waals surface area contributed by atoms with Crippen LogP contribution in [0.15, 0.2) is 54.6 Å². The molecule has 0 aliphatic heterocycles. The van der Waals surface area contributed by atoms with Gasteiger partial charge in [0.05, 0.1) is 13.7 Å². The van der Waals surface area contributed by atoms with Crippen molar-refractivity contribution in [1.82, 2.24) is 10.2 Å². The molecule has 0 unspecified atom stereocenters. The monoisotopic (exact) mass is 324 g/mol. The van der Waals surface area contributed by atoms with Gasteiger partial charge in [-0.2, -0.15) is 0 Å². The van der Waals surface area contributed by atoms with Crippen LogP contribution in [-0.4, -0.2) is 30.5 Å². The van der Waals surface area contributed by atoms with Gasteiger partial charge in [-0.3, -0.25) is 9.69 Å². The van der Waals surface area contributed by atoms with Crippen LogP contribution in [-0.2, 0) is 17.9 Å². The molecule has 1 N–H and O–H groups in total. The summed E-state index contributed by atoms with van der Waals surface area (Å²) in [6, 6.07) is 18.6. The van der Waals surface area contributed by atoms with Crippen molar-refractivity contribution >= 4 is 5.91 Å². The molecule has 126 valence electrons. The van der Waals surface area contributed by atoms with E-state index in [0.29, 0.717) is 19.1 Å². The lowest BCUT2D eigenvalue weighted by molar-refractivity contribution is -0.122. The lowest BCUT2D eigenvalue weighted by atomic mass is 10.2. The first-order valence-electron chi connectivity index (χ1n) is 8.43. The zero-order valence-corrected chi connectivity index (χ0v) is 14.1. The summed E-state index contributed by atoms with van der Waals surface area (Å²) >= 11 is 0. The highest BCUT2D eigenvalue weighted by Gasteiger charge is 2.30. The van der Waals surface area contributed by atoms with Crippen LogP contribution in [0.1, 0.15) is 24.0 Å². The minimum absolute atomic E-state index is 0.0590. The zero-order valence-electron chi connectivity index (χ0n) is 14.1. The van der Waals surface area contributed by atoms with E-state index in [1.54, 1.807) is 7.11 Å². The summed E-state index contributed by atoms with van der Waals surface area (Å²) in [7, 11) is 1.65. The largest absolute Gasteiger partial charge is 0.496 e. The number of hydrogen-bond acceptors (Lipinski definition) is 3. The number of nitrogens with one attached hydrogen (secondary N) is 1. The molecule has 0 bridgehead atoms. The van der Waals surface area contributed by atoms with E-state index in [1.165, 1.54) is 18.4 Å². The second-order valence-corrected chi connectivity index (χ2v) is 6.21. The maximum absolute atomic E-state index is 12.4. The van der Waals surface area contributed by atoms with Crippen molar-refractivity contribution in [1.29, 1.82) is 0 Å². The second kappa shape index (κ2) is 7.97. The van der Waals surface area contributed by atoms with E-state index in [-0.39, 0.29) is 5.91 Å². The molecule has 0 saturated heterocycles. The Labute approximate surface area is 143 Å². The number of hydrogen-bond donors (Lipinski definition) is 1. The van der Waals surface area contributed by atoms with E-state index in [2.05, 4.69) is 22.3 Å². The Morgan fingerprint density at radius 1 is 1.12 bits per heavy atom. The molecule has 1 fully saturated rings. The molecule has 24 heavy (non-hydrogen) atoms. The molecule has 4 heteroatoms. The molecule has 4 nitrogen and oxygen atoms in total. The first-order valence-corrected chi connectivity index (χ1v) is 8.43. The molecule has 1 aliphatic rings. The maximum atomic E-state index is 12.4. The van der Waals surface area contributed by atoms with E-state index >= 15 is 0 Å². The number of methoxy groups -OCH3 is 1. The summed E-state index contributed by atoms with van der Waals surface area (Å²) in [6.45, 7) is 1.76. The molecule has 2 aromatic carbocycles.